The molecule has 0 spiro atoms. The Bertz CT molecular complexity index is 294. The van der Waals surface area contributed by atoms with Gasteiger partial charge in [-0.2, -0.15) is 0 Å². The fourth-order valence-corrected chi connectivity index (χ4v) is 1.37. The van der Waals surface area contributed by atoms with E-state index in [0.717, 1.165) is 5.69 Å². The summed E-state index contributed by atoms with van der Waals surface area (Å²) in [7, 11) is 0. The van der Waals surface area contributed by atoms with E-state index in [2.05, 4.69) is 4.98 Å². The molecule has 90 valence electrons. The molecule has 16 heavy (non-hydrogen) atoms. The third kappa shape index (κ3) is 3.56. The number of rotatable bonds is 6. The van der Waals surface area contributed by atoms with Gasteiger partial charge in [-0.3, -0.25) is 4.98 Å². The number of hydrogen-bond acceptors (Lipinski definition) is 4. The Balaban J connectivity index is 2.72. The van der Waals surface area contributed by atoms with Crippen molar-refractivity contribution in [3.05, 3.63) is 29.6 Å². The fourth-order valence-electron chi connectivity index (χ4n) is 1.37. The predicted octanol–water partition coefficient (Wildman–Crippen LogP) is 1.82. The number of aliphatic hydroxyl groups excluding tert-OH is 1. The van der Waals surface area contributed by atoms with Crippen molar-refractivity contribution >= 4 is 0 Å². The molecule has 0 bridgehead atoms. The number of aryl methyl sites for hydroxylation is 1. The standard InChI is InChI=1S/C12H19NO3/c1-4-15-12(16-5-2)11(14)10-7-6-9(3)13-8-10/h6-8,11-12,14H,4-5H2,1-3H3. The summed E-state index contributed by atoms with van der Waals surface area (Å²) in [6.07, 6.45) is 0.220. The highest BCUT2D eigenvalue weighted by Gasteiger charge is 2.21. The van der Waals surface area contributed by atoms with Crippen LogP contribution in [0.25, 0.3) is 0 Å². The second-order valence-corrected chi connectivity index (χ2v) is 3.46. The molecule has 1 heterocycles. The zero-order chi connectivity index (χ0) is 12.0. The van der Waals surface area contributed by atoms with Gasteiger partial charge in [0, 0.05) is 30.7 Å². The Morgan fingerprint density at radius 2 is 1.88 bits per heavy atom. The van der Waals surface area contributed by atoms with Crippen LogP contribution in [0.2, 0.25) is 0 Å². The van der Waals surface area contributed by atoms with Crippen LogP contribution in [0.15, 0.2) is 18.3 Å². The van der Waals surface area contributed by atoms with Crippen molar-refractivity contribution < 1.29 is 14.6 Å². The van der Waals surface area contributed by atoms with E-state index >= 15 is 0 Å². The summed E-state index contributed by atoms with van der Waals surface area (Å²) in [6.45, 7) is 6.64. The van der Waals surface area contributed by atoms with Crippen molar-refractivity contribution in [2.45, 2.75) is 33.2 Å². The minimum atomic E-state index is -0.798. The number of aromatic nitrogens is 1. The van der Waals surface area contributed by atoms with Gasteiger partial charge in [0.05, 0.1) is 0 Å². The van der Waals surface area contributed by atoms with Gasteiger partial charge in [0.1, 0.15) is 6.10 Å². The third-order valence-electron chi connectivity index (χ3n) is 2.20. The Morgan fingerprint density at radius 1 is 1.25 bits per heavy atom. The number of aliphatic hydroxyl groups is 1. The molecule has 1 unspecified atom stereocenters. The van der Waals surface area contributed by atoms with Crippen LogP contribution in [0.4, 0.5) is 0 Å². The molecule has 0 aliphatic carbocycles. The highest BCUT2D eigenvalue weighted by atomic mass is 16.7. The summed E-state index contributed by atoms with van der Waals surface area (Å²) in [4.78, 5) is 4.13. The van der Waals surface area contributed by atoms with Gasteiger partial charge in [-0.25, -0.2) is 0 Å². The zero-order valence-corrected chi connectivity index (χ0v) is 10.0. The monoisotopic (exact) mass is 225 g/mol. The molecule has 0 amide bonds. The summed E-state index contributed by atoms with van der Waals surface area (Å²) < 4.78 is 10.7. The van der Waals surface area contributed by atoms with Crippen LogP contribution in [0.3, 0.4) is 0 Å². The van der Waals surface area contributed by atoms with E-state index in [1.165, 1.54) is 0 Å². The molecule has 0 saturated heterocycles. The smallest absolute Gasteiger partial charge is 0.187 e. The Kier molecular flexibility index (Phi) is 5.38. The zero-order valence-electron chi connectivity index (χ0n) is 10.0. The lowest BCUT2D eigenvalue weighted by Gasteiger charge is -2.22. The summed E-state index contributed by atoms with van der Waals surface area (Å²) in [6, 6.07) is 3.69. The van der Waals surface area contributed by atoms with Crippen molar-refractivity contribution in [1.29, 1.82) is 0 Å². The summed E-state index contributed by atoms with van der Waals surface area (Å²) >= 11 is 0. The van der Waals surface area contributed by atoms with E-state index < -0.39 is 12.4 Å². The summed E-state index contributed by atoms with van der Waals surface area (Å²) in [5, 5.41) is 10.0. The van der Waals surface area contributed by atoms with Gasteiger partial charge < -0.3 is 14.6 Å². The van der Waals surface area contributed by atoms with Crippen molar-refractivity contribution in [2.75, 3.05) is 13.2 Å². The van der Waals surface area contributed by atoms with Crippen LogP contribution in [0.5, 0.6) is 0 Å². The van der Waals surface area contributed by atoms with Crippen molar-refractivity contribution in [1.82, 2.24) is 4.98 Å². The molecule has 1 aromatic heterocycles. The number of ether oxygens (including phenoxy) is 2. The summed E-state index contributed by atoms with van der Waals surface area (Å²) in [5.74, 6) is 0. The highest BCUT2D eigenvalue weighted by Crippen LogP contribution is 2.19. The first-order valence-corrected chi connectivity index (χ1v) is 5.52. The van der Waals surface area contributed by atoms with Crippen LogP contribution in [-0.2, 0) is 9.47 Å². The molecule has 0 aliphatic rings. The van der Waals surface area contributed by atoms with Gasteiger partial charge in [0.25, 0.3) is 0 Å². The molecule has 0 radical (unpaired) electrons. The molecule has 4 nitrogen and oxygen atoms in total. The van der Waals surface area contributed by atoms with Crippen LogP contribution >= 0.6 is 0 Å². The van der Waals surface area contributed by atoms with E-state index in [0.29, 0.717) is 18.8 Å². The van der Waals surface area contributed by atoms with E-state index in [1.807, 2.05) is 32.9 Å². The van der Waals surface area contributed by atoms with Gasteiger partial charge in [-0.05, 0) is 26.8 Å². The number of nitrogens with zero attached hydrogens (tertiary/aromatic N) is 1. The molecule has 0 aliphatic heterocycles. The molecule has 0 fully saturated rings. The predicted molar refractivity (Wildman–Crippen MR) is 61.0 cm³/mol. The van der Waals surface area contributed by atoms with Crippen LogP contribution < -0.4 is 0 Å². The fraction of sp³-hybridized carbons (Fsp3) is 0.583. The number of pyridine rings is 1. The average molecular weight is 225 g/mol. The first-order chi connectivity index (χ1) is 7.69. The molecule has 0 saturated carbocycles. The van der Waals surface area contributed by atoms with Crippen LogP contribution in [0.1, 0.15) is 31.2 Å². The van der Waals surface area contributed by atoms with E-state index in [-0.39, 0.29) is 0 Å². The second-order valence-electron chi connectivity index (χ2n) is 3.46. The lowest BCUT2D eigenvalue weighted by Crippen LogP contribution is -2.25. The molecule has 1 aromatic rings. The highest BCUT2D eigenvalue weighted by molar-refractivity contribution is 5.16. The largest absolute Gasteiger partial charge is 0.383 e. The topological polar surface area (TPSA) is 51.6 Å². The Labute approximate surface area is 96.2 Å². The average Bonchev–Trinajstić information content (AvgIpc) is 2.29. The molecule has 4 heteroatoms. The molecule has 1 atom stereocenters. The first-order valence-electron chi connectivity index (χ1n) is 5.52. The van der Waals surface area contributed by atoms with Gasteiger partial charge in [0.15, 0.2) is 6.29 Å². The first kappa shape index (κ1) is 13.1. The maximum Gasteiger partial charge on any atom is 0.187 e. The molecule has 0 aromatic carbocycles. The quantitative estimate of drug-likeness (QED) is 0.750. The van der Waals surface area contributed by atoms with Crippen molar-refractivity contribution in [3.8, 4) is 0 Å². The number of hydrogen-bond donors (Lipinski definition) is 1. The van der Waals surface area contributed by atoms with Gasteiger partial charge in [-0.1, -0.05) is 6.07 Å². The van der Waals surface area contributed by atoms with E-state index in [1.54, 1.807) is 6.20 Å². The van der Waals surface area contributed by atoms with Crippen molar-refractivity contribution in [3.63, 3.8) is 0 Å². The molecular weight excluding hydrogens is 206 g/mol. The van der Waals surface area contributed by atoms with Crippen molar-refractivity contribution in [2.24, 2.45) is 0 Å². The molecule has 1 rings (SSSR count). The van der Waals surface area contributed by atoms with Gasteiger partial charge in [0.2, 0.25) is 0 Å². The van der Waals surface area contributed by atoms with Gasteiger partial charge >= 0.3 is 0 Å². The maximum absolute atomic E-state index is 10.0. The third-order valence-corrected chi connectivity index (χ3v) is 2.20. The van der Waals surface area contributed by atoms with Crippen LogP contribution in [-0.4, -0.2) is 29.6 Å². The minimum Gasteiger partial charge on any atom is -0.383 e. The lowest BCUT2D eigenvalue weighted by atomic mass is 10.1. The van der Waals surface area contributed by atoms with Crippen LogP contribution in [0, 0.1) is 6.92 Å². The SMILES string of the molecule is CCOC(OCC)C(O)c1ccc(C)nc1. The molecular formula is C12H19NO3. The maximum atomic E-state index is 10.0. The van der Waals surface area contributed by atoms with E-state index in [9.17, 15) is 5.11 Å². The minimum absolute atomic E-state index is 0.501. The Hall–Kier alpha value is -0.970. The normalized spacial score (nSPS) is 13.1. The Morgan fingerprint density at radius 3 is 2.31 bits per heavy atom. The second kappa shape index (κ2) is 6.58. The van der Waals surface area contributed by atoms with E-state index in [4.69, 9.17) is 9.47 Å². The molecule has 1 N–H and O–H groups in total. The van der Waals surface area contributed by atoms with Gasteiger partial charge in [-0.15, -0.1) is 0 Å². The lowest BCUT2D eigenvalue weighted by molar-refractivity contribution is -0.191. The summed E-state index contributed by atoms with van der Waals surface area (Å²) in [5.41, 5.74) is 1.62.